The Balaban J connectivity index is 1.22. The minimum Gasteiger partial charge on any atom is -0.484 e. The Kier molecular flexibility index (Phi) is 6.05. The predicted molar refractivity (Wildman–Crippen MR) is 141 cm³/mol. The van der Waals surface area contributed by atoms with Gasteiger partial charge >= 0.3 is 0 Å². The van der Waals surface area contributed by atoms with Gasteiger partial charge in [-0.25, -0.2) is 9.97 Å². The summed E-state index contributed by atoms with van der Waals surface area (Å²) in [6, 6.07) is 18.0. The Morgan fingerprint density at radius 2 is 1.94 bits per heavy atom. The summed E-state index contributed by atoms with van der Waals surface area (Å²) < 4.78 is 5.75. The van der Waals surface area contributed by atoms with Crippen molar-refractivity contribution in [3.8, 4) is 28.3 Å². The zero-order chi connectivity index (χ0) is 24.3. The molecule has 3 N–H and O–H groups in total. The average molecular weight is 497 g/mol. The van der Waals surface area contributed by atoms with Crippen molar-refractivity contribution in [2.45, 2.75) is 25.3 Å². The summed E-state index contributed by atoms with van der Waals surface area (Å²) in [5, 5.41) is 16.3. The van der Waals surface area contributed by atoms with Crippen molar-refractivity contribution in [3.63, 3.8) is 0 Å². The summed E-state index contributed by atoms with van der Waals surface area (Å²) >= 11 is 1.57. The van der Waals surface area contributed by atoms with Gasteiger partial charge in [0.05, 0.1) is 11.6 Å². The van der Waals surface area contributed by atoms with Gasteiger partial charge in [0, 0.05) is 29.1 Å². The number of nitrogens with zero attached hydrogens (tertiary/aromatic N) is 3. The molecule has 1 amide bonds. The van der Waals surface area contributed by atoms with Crippen LogP contribution in [0.25, 0.3) is 32.7 Å². The molecule has 3 heterocycles. The highest BCUT2D eigenvalue weighted by molar-refractivity contribution is 7.16. The number of benzene rings is 2. The standard InChI is InChI=1S/C27H24N6O2S/c34-24(30-20-4-2-5-20)16-35-22-6-1-3-18(13-22)25-32-26(23-11-12-36-27(23)33-25)31-21-9-7-17(8-10-21)19-14-28-29-15-19/h1,3,6-15,20H,2,4-5,16H2,(H,28,29)(H,30,34)(H,31,32,33). The van der Waals surface area contributed by atoms with E-state index in [1.807, 2.05) is 66.2 Å². The molecule has 1 saturated carbocycles. The Morgan fingerprint density at radius 1 is 1.06 bits per heavy atom. The minimum atomic E-state index is -0.0911. The van der Waals surface area contributed by atoms with Gasteiger partial charge in [-0.2, -0.15) is 5.10 Å². The van der Waals surface area contributed by atoms with Crippen molar-refractivity contribution in [1.82, 2.24) is 25.5 Å². The van der Waals surface area contributed by atoms with Gasteiger partial charge in [-0.15, -0.1) is 11.3 Å². The van der Waals surface area contributed by atoms with Crippen molar-refractivity contribution in [3.05, 3.63) is 72.4 Å². The van der Waals surface area contributed by atoms with E-state index in [1.54, 1.807) is 17.5 Å². The molecule has 6 rings (SSSR count). The van der Waals surface area contributed by atoms with Gasteiger partial charge in [-0.3, -0.25) is 9.89 Å². The lowest BCUT2D eigenvalue weighted by molar-refractivity contribution is -0.124. The zero-order valence-corrected chi connectivity index (χ0v) is 20.2. The minimum absolute atomic E-state index is 0.00755. The molecule has 0 aliphatic heterocycles. The molecule has 0 atom stereocenters. The molecular formula is C27H24N6O2S. The summed E-state index contributed by atoms with van der Waals surface area (Å²) in [6.07, 6.45) is 6.94. The van der Waals surface area contributed by atoms with Crippen LogP contribution < -0.4 is 15.4 Å². The van der Waals surface area contributed by atoms with Crippen molar-refractivity contribution in [2.75, 3.05) is 11.9 Å². The molecule has 1 aliphatic carbocycles. The Morgan fingerprint density at radius 3 is 2.72 bits per heavy atom. The van der Waals surface area contributed by atoms with Gasteiger partial charge in [0.15, 0.2) is 12.4 Å². The molecule has 9 heteroatoms. The zero-order valence-electron chi connectivity index (χ0n) is 19.4. The maximum Gasteiger partial charge on any atom is 0.258 e. The number of rotatable bonds is 8. The second kappa shape index (κ2) is 9.79. The molecular weight excluding hydrogens is 472 g/mol. The third-order valence-electron chi connectivity index (χ3n) is 6.24. The molecule has 36 heavy (non-hydrogen) atoms. The summed E-state index contributed by atoms with van der Waals surface area (Å²) in [5.74, 6) is 1.84. The summed E-state index contributed by atoms with van der Waals surface area (Å²) in [7, 11) is 0. The van der Waals surface area contributed by atoms with Crippen LogP contribution in [0.2, 0.25) is 0 Å². The molecule has 0 unspecified atom stereocenters. The van der Waals surface area contributed by atoms with Gasteiger partial charge in [-0.05, 0) is 60.5 Å². The molecule has 8 nitrogen and oxygen atoms in total. The fourth-order valence-electron chi connectivity index (χ4n) is 4.07. The number of hydrogen-bond acceptors (Lipinski definition) is 7. The number of fused-ring (bicyclic) bond motifs is 1. The number of H-pyrrole nitrogens is 1. The Bertz CT molecular complexity index is 1490. The smallest absolute Gasteiger partial charge is 0.258 e. The molecule has 1 aliphatic rings. The van der Waals surface area contributed by atoms with Crippen molar-refractivity contribution in [2.24, 2.45) is 0 Å². The SMILES string of the molecule is O=C(COc1cccc(-c2nc(Nc3ccc(-c4cn[nH]c4)cc3)c3ccsc3n2)c1)NC1CCC1. The van der Waals surface area contributed by atoms with Gasteiger partial charge < -0.3 is 15.4 Å². The first-order valence-electron chi connectivity index (χ1n) is 11.9. The van der Waals surface area contributed by atoms with E-state index in [0.29, 0.717) is 17.6 Å². The number of amides is 1. The highest BCUT2D eigenvalue weighted by Crippen LogP contribution is 2.32. The van der Waals surface area contributed by atoms with E-state index < -0.39 is 0 Å². The maximum atomic E-state index is 12.1. The summed E-state index contributed by atoms with van der Waals surface area (Å²) in [5.41, 5.74) is 3.86. The van der Waals surface area contributed by atoms with Gasteiger partial charge in [0.1, 0.15) is 16.4 Å². The number of aromatic nitrogens is 4. The molecule has 0 saturated heterocycles. The van der Waals surface area contributed by atoms with Crippen LogP contribution in [-0.2, 0) is 4.79 Å². The van der Waals surface area contributed by atoms with Crippen molar-refractivity contribution >= 4 is 39.0 Å². The van der Waals surface area contributed by atoms with E-state index in [-0.39, 0.29) is 12.5 Å². The third kappa shape index (κ3) is 4.78. The molecule has 1 fully saturated rings. The van der Waals surface area contributed by atoms with Crippen LogP contribution in [-0.4, -0.2) is 38.7 Å². The van der Waals surface area contributed by atoms with E-state index in [4.69, 9.17) is 14.7 Å². The lowest BCUT2D eigenvalue weighted by atomic mass is 9.93. The monoisotopic (exact) mass is 496 g/mol. The van der Waals surface area contributed by atoms with E-state index >= 15 is 0 Å². The molecule has 0 radical (unpaired) electrons. The first-order chi connectivity index (χ1) is 17.7. The Hall–Kier alpha value is -4.24. The number of aromatic amines is 1. The largest absolute Gasteiger partial charge is 0.484 e. The van der Waals surface area contributed by atoms with Crippen LogP contribution in [0.15, 0.2) is 72.4 Å². The summed E-state index contributed by atoms with van der Waals surface area (Å²) in [4.78, 5) is 22.6. The number of hydrogen-bond donors (Lipinski definition) is 3. The fraction of sp³-hybridized carbons (Fsp3) is 0.185. The van der Waals surface area contributed by atoms with E-state index in [1.165, 1.54) is 6.42 Å². The number of thiophene rings is 1. The second-order valence-corrected chi connectivity index (χ2v) is 9.63. The van der Waals surface area contributed by atoms with Crippen molar-refractivity contribution in [1.29, 1.82) is 0 Å². The van der Waals surface area contributed by atoms with Crippen molar-refractivity contribution < 1.29 is 9.53 Å². The van der Waals surface area contributed by atoms with Crippen LogP contribution in [0.1, 0.15) is 19.3 Å². The quantitative estimate of drug-likeness (QED) is 0.261. The number of ether oxygens (including phenoxy) is 1. The number of carbonyl (C=O) groups is 1. The van der Waals surface area contributed by atoms with Crippen LogP contribution in [0.3, 0.4) is 0 Å². The lowest BCUT2D eigenvalue weighted by Crippen LogP contribution is -2.41. The molecule has 5 aromatic rings. The third-order valence-corrected chi connectivity index (χ3v) is 7.04. The Labute approximate surface area is 211 Å². The predicted octanol–water partition coefficient (Wildman–Crippen LogP) is 5.54. The maximum absolute atomic E-state index is 12.1. The lowest BCUT2D eigenvalue weighted by Gasteiger charge is -2.26. The highest BCUT2D eigenvalue weighted by Gasteiger charge is 2.19. The first-order valence-corrected chi connectivity index (χ1v) is 12.7. The first kappa shape index (κ1) is 22.2. The average Bonchev–Trinajstić information content (AvgIpc) is 3.58. The highest BCUT2D eigenvalue weighted by atomic mass is 32.1. The molecule has 3 aromatic heterocycles. The van der Waals surface area contributed by atoms with Crippen LogP contribution in [0.5, 0.6) is 5.75 Å². The molecule has 0 spiro atoms. The topological polar surface area (TPSA) is 105 Å². The van der Waals surface area contributed by atoms with Gasteiger partial charge in [-0.1, -0.05) is 24.3 Å². The van der Waals surface area contributed by atoms with Gasteiger partial charge in [0.25, 0.3) is 5.91 Å². The second-order valence-electron chi connectivity index (χ2n) is 8.74. The van der Waals surface area contributed by atoms with Gasteiger partial charge in [0.2, 0.25) is 0 Å². The van der Waals surface area contributed by atoms with Crippen LogP contribution in [0.4, 0.5) is 11.5 Å². The van der Waals surface area contributed by atoms with E-state index in [2.05, 4.69) is 20.8 Å². The van der Waals surface area contributed by atoms with E-state index in [9.17, 15) is 4.79 Å². The number of anilines is 2. The number of carbonyl (C=O) groups excluding carboxylic acids is 1. The van der Waals surface area contributed by atoms with Crippen LogP contribution >= 0.6 is 11.3 Å². The molecule has 0 bridgehead atoms. The molecule has 180 valence electrons. The number of nitrogens with one attached hydrogen (secondary N) is 3. The normalized spacial score (nSPS) is 13.3. The fourth-order valence-corrected chi connectivity index (χ4v) is 4.83. The summed E-state index contributed by atoms with van der Waals surface area (Å²) in [6.45, 7) is -0.00755. The van der Waals surface area contributed by atoms with E-state index in [0.717, 1.165) is 51.3 Å². The molecule has 2 aromatic carbocycles. The van der Waals surface area contributed by atoms with Crippen LogP contribution in [0, 0.1) is 0 Å².